The molecule has 0 bridgehead atoms. The largest absolute Gasteiger partial charge is 0.135 e. The molecule has 2 aliphatic rings. The van der Waals surface area contributed by atoms with Crippen LogP contribution in [0.5, 0.6) is 0 Å². The summed E-state index contributed by atoms with van der Waals surface area (Å²) < 4.78 is 2.71. The minimum absolute atomic E-state index is 0.0584. The van der Waals surface area contributed by atoms with Gasteiger partial charge in [0.05, 0.1) is 0 Å². The van der Waals surface area contributed by atoms with Crippen LogP contribution in [-0.4, -0.2) is 0 Å². The van der Waals surface area contributed by atoms with Gasteiger partial charge in [-0.1, -0.05) is 143 Å². The molecule has 260 valence electrons. The minimum Gasteiger partial charge on any atom is -0.135 e. The van der Waals surface area contributed by atoms with E-state index in [1.807, 2.05) is 11.3 Å². The number of rotatable bonds is 2. The van der Waals surface area contributed by atoms with Crippen LogP contribution in [0, 0.1) is 0 Å². The summed E-state index contributed by atoms with van der Waals surface area (Å²) in [5, 5.41) is 10.5. The SMILES string of the molecule is CC1(C)c2ccccc2-c2ccc(-c3c4ccccc4c(-c4ccc5c(c4)-c4cc6cc7sc8ccccc8c7cc6cc4C5(C)C)c4ccccc34)cc21. The second kappa shape index (κ2) is 10.8. The molecule has 0 nitrogen and oxygen atoms in total. The van der Waals surface area contributed by atoms with Crippen LogP contribution in [0.1, 0.15) is 49.9 Å². The van der Waals surface area contributed by atoms with Crippen LogP contribution in [0.15, 0.2) is 158 Å². The topological polar surface area (TPSA) is 0 Å². The molecule has 0 amide bonds. The maximum atomic E-state index is 2.50. The molecule has 0 saturated carbocycles. The number of hydrogen-bond donors (Lipinski definition) is 0. The Morgan fingerprint density at radius 1 is 0.327 bits per heavy atom. The van der Waals surface area contributed by atoms with Gasteiger partial charge >= 0.3 is 0 Å². The van der Waals surface area contributed by atoms with Gasteiger partial charge in [-0.05, 0) is 142 Å². The lowest BCUT2D eigenvalue weighted by molar-refractivity contribution is 0.660. The molecule has 0 radical (unpaired) electrons. The molecular formula is C54H38S. The molecule has 0 N–H and O–H groups in total. The summed E-state index contributed by atoms with van der Waals surface area (Å²) >= 11 is 1.90. The fourth-order valence-electron chi connectivity index (χ4n) is 10.5. The molecule has 55 heavy (non-hydrogen) atoms. The predicted octanol–water partition coefficient (Wildman–Crippen LogP) is 15.5. The predicted molar refractivity (Wildman–Crippen MR) is 238 cm³/mol. The van der Waals surface area contributed by atoms with E-state index in [2.05, 4.69) is 185 Å². The highest BCUT2D eigenvalue weighted by molar-refractivity contribution is 7.25. The normalized spacial score (nSPS) is 14.8. The first kappa shape index (κ1) is 31.3. The van der Waals surface area contributed by atoms with Crippen LogP contribution in [0.25, 0.3) is 97.0 Å². The first-order valence-electron chi connectivity index (χ1n) is 19.5. The fraction of sp³-hybridized carbons (Fsp3) is 0.111. The number of hydrogen-bond acceptors (Lipinski definition) is 1. The Labute approximate surface area is 325 Å². The van der Waals surface area contributed by atoms with Gasteiger partial charge in [0.15, 0.2) is 0 Å². The molecule has 10 aromatic rings. The summed E-state index contributed by atoms with van der Waals surface area (Å²) in [7, 11) is 0. The fourth-order valence-corrected chi connectivity index (χ4v) is 11.6. The van der Waals surface area contributed by atoms with Crippen molar-refractivity contribution in [2.24, 2.45) is 0 Å². The molecule has 0 saturated heterocycles. The van der Waals surface area contributed by atoms with Gasteiger partial charge in [0, 0.05) is 31.0 Å². The third kappa shape index (κ3) is 4.17. The Morgan fingerprint density at radius 3 is 1.55 bits per heavy atom. The quantitative estimate of drug-likeness (QED) is 0.156. The summed E-state index contributed by atoms with van der Waals surface area (Å²) in [6.45, 7) is 9.55. The zero-order chi connectivity index (χ0) is 36.8. The number of fused-ring (bicyclic) bond motifs is 12. The summed E-state index contributed by atoms with van der Waals surface area (Å²) in [6, 6.07) is 60.2. The van der Waals surface area contributed by atoms with E-state index in [4.69, 9.17) is 0 Å². The lowest BCUT2D eigenvalue weighted by atomic mass is 9.80. The molecule has 1 heteroatoms. The highest BCUT2D eigenvalue weighted by atomic mass is 32.1. The first-order valence-corrected chi connectivity index (χ1v) is 20.3. The van der Waals surface area contributed by atoms with Gasteiger partial charge in [0.2, 0.25) is 0 Å². The number of benzene rings is 9. The zero-order valence-electron chi connectivity index (χ0n) is 31.4. The van der Waals surface area contributed by atoms with E-state index in [0.717, 1.165) is 0 Å². The maximum absolute atomic E-state index is 2.50. The van der Waals surface area contributed by atoms with E-state index in [1.54, 1.807) is 0 Å². The van der Waals surface area contributed by atoms with Gasteiger partial charge in [-0.15, -0.1) is 11.3 Å². The van der Waals surface area contributed by atoms with Crippen LogP contribution in [0.3, 0.4) is 0 Å². The van der Waals surface area contributed by atoms with Crippen molar-refractivity contribution < 1.29 is 0 Å². The van der Waals surface area contributed by atoms with Gasteiger partial charge in [0.1, 0.15) is 0 Å². The van der Waals surface area contributed by atoms with Gasteiger partial charge in [-0.2, -0.15) is 0 Å². The lowest BCUT2D eigenvalue weighted by Crippen LogP contribution is -2.14. The van der Waals surface area contributed by atoms with Gasteiger partial charge < -0.3 is 0 Å². The molecule has 0 aliphatic heterocycles. The second-order valence-electron chi connectivity index (χ2n) is 16.8. The second-order valence-corrected chi connectivity index (χ2v) is 17.9. The molecule has 12 rings (SSSR count). The van der Waals surface area contributed by atoms with E-state index >= 15 is 0 Å². The standard InChI is InChI=1S/C54H38S/c1-53(2)45-19-11-9-13-35(45)36-23-21-32(28-47(36)53)52-40-17-7-5-15-38(40)51(39-16-6-8-18-41(39)52)31-22-24-46-42(25-31)43-26-34-30-50-44(37-14-10-12-20-49(37)55-50)27-33(34)29-48(43)54(46,3)4/h5-30H,1-4H3. The monoisotopic (exact) mass is 718 g/mol. The van der Waals surface area contributed by atoms with E-state index in [-0.39, 0.29) is 10.8 Å². The highest BCUT2D eigenvalue weighted by Crippen LogP contribution is 2.54. The molecule has 2 aliphatic carbocycles. The Hall–Kier alpha value is -6.02. The summed E-state index contributed by atoms with van der Waals surface area (Å²) in [5.41, 5.74) is 16.1. The van der Waals surface area contributed by atoms with E-state index in [9.17, 15) is 0 Å². The van der Waals surface area contributed by atoms with Crippen LogP contribution in [0.2, 0.25) is 0 Å². The van der Waals surface area contributed by atoms with E-state index < -0.39 is 0 Å². The summed E-state index contributed by atoms with van der Waals surface area (Å²) in [5.74, 6) is 0. The molecule has 1 heterocycles. The van der Waals surface area contributed by atoms with Crippen molar-refractivity contribution >= 4 is 63.8 Å². The van der Waals surface area contributed by atoms with E-state index in [1.165, 1.54) is 119 Å². The highest BCUT2D eigenvalue weighted by Gasteiger charge is 2.37. The molecule has 9 aromatic carbocycles. The van der Waals surface area contributed by atoms with Gasteiger partial charge in [-0.25, -0.2) is 0 Å². The van der Waals surface area contributed by atoms with Crippen molar-refractivity contribution in [3.8, 4) is 44.5 Å². The molecule has 0 spiro atoms. The third-order valence-electron chi connectivity index (χ3n) is 13.2. The smallest absolute Gasteiger partial charge is 0.0361 e. The Balaban J connectivity index is 1.07. The van der Waals surface area contributed by atoms with Crippen LogP contribution in [0.4, 0.5) is 0 Å². The lowest BCUT2D eigenvalue weighted by Gasteiger charge is -2.23. The van der Waals surface area contributed by atoms with E-state index in [0.29, 0.717) is 0 Å². The van der Waals surface area contributed by atoms with Crippen molar-refractivity contribution in [1.82, 2.24) is 0 Å². The van der Waals surface area contributed by atoms with Crippen LogP contribution < -0.4 is 0 Å². The minimum atomic E-state index is -0.0992. The number of thiophene rings is 1. The third-order valence-corrected chi connectivity index (χ3v) is 14.4. The zero-order valence-corrected chi connectivity index (χ0v) is 32.2. The van der Waals surface area contributed by atoms with Crippen molar-refractivity contribution in [1.29, 1.82) is 0 Å². The molecule has 0 atom stereocenters. The average Bonchev–Trinajstić information content (AvgIpc) is 3.76. The Bertz CT molecular complexity index is 3260. The van der Waals surface area contributed by atoms with Crippen molar-refractivity contribution in [2.45, 2.75) is 38.5 Å². The average molecular weight is 719 g/mol. The maximum Gasteiger partial charge on any atom is 0.0361 e. The van der Waals surface area contributed by atoms with Crippen molar-refractivity contribution in [2.75, 3.05) is 0 Å². The van der Waals surface area contributed by atoms with Gasteiger partial charge in [-0.3, -0.25) is 0 Å². The van der Waals surface area contributed by atoms with Crippen molar-refractivity contribution in [3.63, 3.8) is 0 Å². The van der Waals surface area contributed by atoms with Crippen LogP contribution in [-0.2, 0) is 10.8 Å². The summed E-state index contributed by atoms with van der Waals surface area (Å²) in [6.07, 6.45) is 0. The molecule has 0 fully saturated rings. The van der Waals surface area contributed by atoms with Crippen molar-refractivity contribution in [3.05, 3.63) is 180 Å². The Kier molecular flexibility index (Phi) is 6.16. The summed E-state index contributed by atoms with van der Waals surface area (Å²) in [4.78, 5) is 0. The van der Waals surface area contributed by atoms with Gasteiger partial charge in [0.25, 0.3) is 0 Å². The molecule has 0 unspecified atom stereocenters. The van der Waals surface area contributed by atoms with Crippen LogP contribution >= 0.6 is 11.3 Å². The first-order chi connectivity index (χ1) is 26.8. The Morgan fingerprint density at radius 2 is 0.836 bits per heavy atom. The molecule has 1 aromatic heterocycles. The molecular weight excluding hydrogens is 681 g/mol.